The Balaban J connectivity index is 1.83. The first-order chi connectivity index (χ1) is 11.8. The van der Waals surface area contributed by atoms with Crippen molar-refractivity contribution in [3.05, 3.63) is 65.5 Å². The Bertz CT molecular complexity index is 892. The van der Waals surface area contributed by atoms with Crippen LogP contribution in [0, 0.1) is 0 Å². The van der Waals surface area contributed by atoms with E-state index in [0.29, 0.717) is 0 Å². The van der Waals surface area contributed by atoms with Gasteiger partial charge in [0.15, 0.2) is 11.5 Å². The monoisotopic (exact) mass is 320 g/mol. The molecule has 0 bridgehead atoms. The first-order valence-electron chi connectivity index (χ1n) is 8.12. The average molecular weight is 320 g/mol. The molecule has 1 aliphatic heterocycles. The second-order valence-electron chi connectivity index (χ2n) is 5.99. The zero-order chi connectivity index (χ0) is 16.5. The number of fused-ring (bicyclic) bond motifs is 2. The van der Waals surface area contributed by atoms with Crippen LogP contribution in [-0.2, 0) is 6.42 Å². The highest BCUT2D eigenvalue weighted by atomic mass is 16.5. The first-order valence-corrected chi connectivity index (χ1v) is 8.12. The first kappa shape index (κ1) is 15.0. The third kappa shape index (κ3) is 2.39. The maximum atomic E-state index is 5.63. The van der Waals surface area contributed by atoms with E-state index >= 15 is 0 Å². The van der Waals surface area contributed by atoms with Crippen LogP contribution in [0.4, 0.5) is 0 Å². The molecule has 0 saturated carbocycles. The van der Waals surface area contributed by atoms with Gasteiger partial charge in [-0.25, -0.2) is 0 Å². The number of nitrogens with one attached hydrogen (secondary N) is 1. The molecule has 4 nitrogen and oxygen atoms in total. The number of ether oxygens (including phenoxy) is 2. The molecule has 4 heteroatoms. The summed E-state index contributed by atoms with van der Waals surface area (Å²) >= 11 is 0. The van der Waals surface area contributed by atoms with E-state index < -0.39 is 0 Å². The van der Waals surface area contributed by atoms with Crippen molar-refractivity contribution in [2.24, 2.45) is 0 Å². The van der Waals surface area contributed by atoms with E-state index in [1.54, 1.807) is 14.2 Å². The molecule has 1 N–H and O–H groups in total. The molecule has 2 aromatic carbocycles. The summed E-state index contributed by atoms with van der Waals surface area (Å²) in [6, 6.07) is 12.9. The molecule has 0 amide bonds. The summed E-state index contributed by atoms with van der Waals surface area (Å²) in [6.07, 6.45) is 4.67. The number of pyridine rings is 1. The van der Waals surface area contributed by atoms with Crippen LogP contribution in [0.3, 0.4) is 0 Å². The number of hydrogen-bond acceptors (Lipinski definition) is 4. The van der Waals surface area contributed by atoms with Gasteiger partial charge in [-0.3, -0.25) is 4.98 Å². The quantitative estimate of drug-likeness (QED) is 0.802. The lowest BCUT2D eigenvalue weighted by Gasteiger charge is -2.29. The van der Waals surface area contributed by atoms with Crippen LogP contribution in [0.1, 0.15) is 22.7 Å². The van der Waals surface area contributed by atoms with Crippen molar-refractivity contribution in [1.82, 2.24) is 10.3 Å². The lowest BCUT2D eigenvalue weighted by atomic mass is 9.88. The fourth-order valence-corrected chi connectivity index (χ4v) is 3.56. The number of benzene rings is 2. The molecule has 1 unspecified atom stereocenters. The Labute approximate surface area is 141 Å². The van der Waals surface area contributed by atoms with Crippen LogP contribution in [0.5, 0.6) is 11.5 Å². The predicted octanol–water partition coefficient (Wildman–Crippen LogP) is 3.49. The van der Waals surface area contributed by atoms with Crippen molar-refractivity contribution in [2.45, 2.75) is 12.5 Å². The Morgan fingerprint density at radius 1 is 1.04 bits per heavy atom. The molecule has 0 radical (unpaired) electrons. The Kier molecular flexibility index (Phi) is 3.82. The van der Waals surface area contributed by atoms with Gasteiger partial charge in [0, 0.05) is 29.9 Å². The van der Waals surface area contributed by atoms with E-state index in [1.807, 2.05) is 18.5 Å². The van der Waals surface area contributed by atoms with Crippen molar-refractivity contribution in [3.8, 4) is 11.5 Å². The van der Waals surface area contributed by atoms with Crippen molar-refractivity contribution < 1.29 is 9.47 Å². The van der Waals surface area contributed by atoms with Gasteiger partial charge in [0.1, 0.15) is 0 Å². The van der Waals surface area contributed by atoms with Crippen molar-refractivity contribution in [1.29, 1.82) is 0 Å². The smallest absolute Gasteiger partial charge is 0.164 e. The van der Waals surface area contributed by atoms with E-state index in [2.05, 4.69) is 40.6 Å². The van der Waals surface area contributed by atoms with Gasteiger partial charge >= 0.3 is 0 Å². The molecule has 2 heterocycles. The normalized spacial score (nSPS) is 16.7. The topological polar surface area (TPSA) is 43.4 Å². The summed E-state index contributed by atoms with van der Waals surface area (Å²) in [5.41, 5.74) is 3.74. The number of aromatic nitrogens is 1. The Hall–Kier alpha value is -2.59. The van der Waals surface area contributed by atoms with Crippen LogP contribution in [0.15, 0.2) is 48.8 Å². The van der Waals surface area contributed by atoms with Gasteiger partial charge in [-0.05, 0) is 41.1 Å². The molecule has 4 rings (SSSR count). The van der Waals surface area contributed by atoms with Crippen LogP contribution < -0.4 is 14.8 Å². The van der Waals surface area contributed by atoms with E-state index in [-0.39, 0.29) is 6.04 Å². The number of rotatable bonds is 3. The third-order valence-electron chi connectivity index (χ3n) is 4.72. The molecule has 3 aromatic rings. The molecule has 0 fully saturated rings. The lowest BCUT2D eigenvalue weighted by molar-refractivity contribution is 0.348. The molecule has 24 heavy (non-hydrogen) atoms. The van der Waals surface area contributed by atoms with E-state index in [0.717, 1.165) is 29.9 Å². The van der Waals surface area contributed by atoms with Crippen LogP contribution >= 0.6 is 0 Å². The second-order valence-corrected chi connectivity index (χ2v) is 5.99. The number of methoxy groups -OCH3 is 2. The van der Waals surface area contributed by atoms with Crippen molar-refractivity contribution in [2.75, 3.05) is 20.8 Å². The highest BCUT2D eigenvalue weighted by molar-refractivity contribution is 5.82. The van der Waals surface area contributed by atoms with Crippen LogP contribution in [0.2, 0.25) is 0 Å². The van der Waals surface area contributed by atoms with Crippen LogP contribution in [-0.4, -0.2) is 25.7 Å². The SMILES string of the molecule is COc1ccc2c(c1OC)CCNC2c1ccc2cnccc2c1. The summed E-state index contributed by atoms with van der Waals surface area (Å²) < 4.78 is 11.1. The molecule has 1 aliphatic rings. The number of nitrogens with zero attached hydrogens (tertiary/aromatic N) is 1. The summed E-state index contributed by atoms with van der Waals surface area (Å²) in [4.78, 5) is 4.19. The predicted molar refractivity (Wildman–Crippen MR) is 94.8 cm³/mol. The van der Waals surface area contributed by atoms with Gasteiger partial charge in [0.05, 0.1) is 20.3 Å². The standard InChI is InChI=1S/C20H20N2O2/c1-23-18-6-5-16-17(20(18)24-2)8-10-22-19(16)14-3-4-15-12-21-9-7-13(15)11-14/h3-7,9,11-12,19,22H,8,10H2,1-2H3. The minimum absolute atomic E-state index is 0.158. The van der Waals surface area contributed by atoms with Crippen LogP contribution in [0.25, 0.3) is 10.8 Å². The van der Waals surface area contributed by atoms with Crippen molar-refractivity contribution >= 4 is 10.8 Å². The third-order valence-corrected chi connectivity index (χ3v) is 4.72. The zero-order valence-electron chi connectivity index (χ0n) is 13.9. The molecule has 1 atom stereocenters. The average Bonchev–Trinajstić information content (AvgIpc) is 2.66. The highest BCUT2D eigenvalue weighted by Crippen LogP contribution is 2.40. The van der Waals surface area contributed by atoms with E-state index in [1.165, 1.54) is 22.1 Å². The molecule has 0 aliphatic carbocycles. The van der Waals surface area contributed by atoms with Gasteiger partial charge in [-0.15, -0.1) is 0 Å². The van der Waals surface area contributed by atoms with Gasteiger partial charge in [-0.2, -0.15) is 0 Å². The lowest BCUT2D eigenvalue weighted by Crippen LogP contribution is -2.31. The second kappa shape index (κ2) is 6.13. The van der Waals surface area contributed by atoms with Gasteiger partial charge < -0.3 is 14.8 Å². The van der Waals surface area contributed by atoms with Gasteiger partial charge in [0.2, 0.25) is 0 Å². The van der Waals surface area contributed by atoms with Crippen molar-refractivity contribution in [3.63, 3.8) is 0 Å². The maximum Gasteiger partial charge on any atom is 0.164 e. The maximum absolute atomic E-state index is 5.63. The van der Waals surface area contributed by atoms with E-state index in [9.17, 15) is 0 Å². The fourth-order valence-electron chi connectivity index (χ4n) is 3.56. The summed E-state index contributed by atoms with van der Waals surface area (Å²) in [5, 5.41) is 6.00. The molecular formula is C20H20N2O2. The molecule has 122 valence electrons. The highest BCUT2D eigenvalue weighted by Gasteiger charge is 2.25. The van der Waals surface area contributed by atoms with Gasteiger partial charge in [0.25, 0.3) is 0 Å². The van der Waals surface area contributed by atoms with E-state index in [4.69, 9.17) is 9.47 Å². The Morgan fingerprint density at radius 3 is 2.79 bits per heavy atom. The minimum Gasteiger partial charge on any atom is -0.493 e. The minimum atomic E-state index is 0.158. The number of hydrogen-bond donors (Lipinski definition) is 1. The summed E-state index contributed by atoms with van der Waals surface area (Å²) in [5.74, 6) is 1.65. The molecule has 0 saturated heterocycles. The van der Waals surface area contributed by atoms with Gasteiger partial charge in [-0.1, -0.05) is 18.2 Å². The molecule has 0 spiro atoms. The fraction of sp³-hybridized carbons (Fsp3) is 0.250. The molecule has 1 aromatic heterocycles. The summed E-state index contributed by atoms with van der Waals surface area (Å²) in [7, 11) is 3.39. The summed E-state index contributed by atoms with van der Waals surface area (Å²) in [6.45, 7) is 0.912. The zero-order valence-corrected chi connectivity index (χ0v) is 13.9. The molecular weight excluding hydrogens is 300 g/mol. The largest absolute Gasteiger partial charge is 0.493 e. The Morgan fingerprint density at radius 2 is 1.96 bits per heavy atom.